The highest BCUT2D eigenvalue weighted by Crippen LogP contribution is 2.33. The van der Waals surface area contributed by atoms with Crippen molar-refractivity contribution in [2.24, 2.45) is 7.05 Å². The van der Waals surface area contributed by atoms with Gasteiger partial charge in [-0.3, -0.25) is 9.48 Å². The molecule has 2 aromatic heterocycles. The molecule has 10 nitrogen and oxygen atoms in total. The van der Waals surface area contributed by atoms with E-state index >= 15 is 0 Å². The molecule has 0 N–H and O–H groups in total. The van der Waals surface area contributed by atoms with Gasteiger partial charge in [0.15, 0.2) is 0 Å². The van der Waals surface area contributed by atoms with Crippen LogP contribution in [0.25, 0.3) is 11.3 Å². The maximum Gasteiger partial charge on any atom is 0.272 e. The van der Waals surface area contributed by atoms with E-state index in [1.54, 1.807) is 25.9 Å². The van der Waals surface area contributed by atoms with Crippen LogP contribution in [-0.4, -0.2) is 84.0 Å². The molecule has 0 unspecified atom stereocenters. The molecule has 1 aromatic carbocycles. The van der Waals surface area contributed by atoms with Crippen molar-refractivity contribution in [1.29, 1.82) is 0 Å². The number of aromatic nitrogens is 4. The highest BCUT2D eigenvalue weighted by atomic mass is 16.5. The van der Waals surface area contributed by atoms with Gasteiger partial charge in [-0.05, 0) is 44.0 Å². The maximum atomic E-state index is 13.4. The van der Waals surface area contributed by atoms with Crippen LogP contribution in [0, 0.1) is 6.92 Å². The molecule has 3 aromatic rings. The Hall–Kier alpha value is -3.82. The van der Waals surface area contributed by atoms with E-state index in [4.69, 9.17) is 14.5 Å². The Morgan fingerprint density at radius 3 is 2.33 bits per heavy atom. The molecule has 36 heavy (non-hydrogen) atoms. The van der Waals surface area contributed by atoms with Crippen molar-refractivity contribution in [2.45, 2.75) is 19.8 Å². The van der Waals surface area contributed by atoms with Gasteiger partial charge in [0.25, 0.3) is 5.91 Å². The van der Waals surface area contributed by atoms with E-state index in [2.05, 4.69) is 19.9 Å². The molecule has 0 radical (unpaired) electrons. The first-order chi connectivity index (χ1) is 17.5. The number of nitrogens with zero attached hydrogens (tertiary/aromatic N) is 7. The summed E-state index contributed by atoms with van der Waals surface area (Å²) in [6, 6.07) is 9.40. The zero-order chi connectivity index (χ0) is 25.2. The molecule has 2 aliphatic rings. The molecule has 10 heteroatoms. The summed E-state index contributed by atoms with van der Waals surface area (Å²) in [5.74, 6) is 3.10. The quantitative estimate of drug-likeness (QED) is 0.520. The summed E-state index contributed by atoms with van der Waals surface area (Å²) in [5, 5.41) is 4.60. The largest absolute Gasteiger partial charge is 0.497 e. The number of aryl methyl sites for hydroxylation is 2. The van der Waals surface area contributed by atoms with Crippen LogP contribution in [0.15, 0.2) is 30.3 Å². The maximum absolute atomic E-state index is 13.4. The number of amides is 1. The number of hydrogen-bond acceptors (Lipinski definition) is 8. The number of hydrogen-bond donors (Lipinski definition) is 0. The summed E-state index contributed by atoms with van der Waals surface area (Å²) >= 11 is 0. The van der Waals surface area contributed by atoms with Crippen LogP contribution in [0.5, 0.6) is 11.5 Å². The van der Waals surface area contributed by atoms with Gasteiger partial charge in [0.1, 0.15) is 23.0 Å². The Labute approximate surface area is 211 Å². The third-order valence-electron chi connectivity index (χ3n) is 6.89. The van der Waals surface area contributed by atoms with E-state index in [0.29, 0.717) is 36.0 Å². The summed E-state index contributed by atoms with van der Waals surface area (Å²) < 4.78 is 12.5. The van der Waals surface area contributed by atoms with E-state index in [1.807, 2.05) is 42.2 Å². The van der Waals surface area contributed by atoms with Crippen molar-refractivity contribution in [1.82, 2.24) is 24.6 Å². The Bertz CT molecular complexity index is 1240. The first kappa shape index (κ1) is 23.9. The van der Waals surface area contributed by atoms with Gasteiger partial charge in [0.2, 0.25) is 5.95 Å². The molecule has 0 saturated carbocycles. The molecule has 5 rings (SSSR count). The normalized spacial score (nSPS) is 15.9. The van der Waals surface area contributed by atoms with Gasteiger partial charge in [-0.15, -0.1) is 0 Å². The van der Waals surface area contributed by atoms with Crippen LogP contribution in [-0.2, 0) is 7.05 Å². The second kappa shape index (κ2) is 10.0. The summed E-state index contributed by atoms with van der Waals surface area (Å²) in [7, 11) is 5.03. The van der Waals surface area contributed by atoms with Crippen molar-refractivity contribution in [3.05, 3.63) is 41.7 Å². The zero-order valence-electron chi connectivity index (χ0n) is 21.4. The molecule has 2 saturated heterocycles. The van der Waals surface area contributed by atoms with Crippen molar-refractivity contribution in [2.75, 3.05) is 63.3 Å². The average molecular weight is 492 g/mol. The highest BCUT2D eigenvalue weighted by Gasteiger charge is 2.27. The molecule has 4 heterocycles. The number of carbonyl (C=O) groups excluding carboxylic acids is 1. The number of anilines is 2. The van der Waals surface area contributed by atoms with Gasteiger partial charge in [0, 0.05) is 63.6 Å². The van der Waals surface area contributed by atoms with Crippen LogP contribution in [0.1, 0.15) is 29.0 Å². The van der Waals surface area contributed by atoms with Crippen molar-refractivity contribution in [3.8, 4) is 22.8 Å². The lowest BCUT2D eigenvalue weighted by Gasteiger charge is -2.35. The van der Waals surface area contributed by atoms with Crippen molar-refractivity contribution >= 4 is 17.7 Å². The fourth-order valence-corrected chi connectivity index (χ4v) is 4.87. The van der Waals surface area contributed by atoms with E-state index < -0.39 is 0 Å². The van der Waals surface area contributed by atoms with Crippen LogP contribution in [0.2, 0.25) is 0 Å². The van der Waals surface area contributed by atoms with E-state index in [0.717, 1.165) is 49.2 Å². The third-order valence-corrected chi connectivity index (χ3v) is 6.89. The number of ether oxygens (including phenoxy) is 2. The second-order valence-electron chi connectivity index (χ2n) is 9.25. The molecule has 0 bridgehead atoms. The second-order valence-corrected chi connectivity index (χ2v) is 9.25. The number of carbonyl (C=O) groups is 1. The Morgan fingerprint density at radius 2 is 1.64 bits per heavy atom. The van der Waals surface area contributed by atoms with Gasteiger partial charge >= 0.3 is 0 Å². The minimum absolute atomic E-state index is 0.0330. The summed E-state index contributed by atoms with van der Waals surface area (Å²) in [4.78, 5) is 29.3. The monoisotopic (exact) mass is 491 g/mol. The molecule has 2 fully saturated rings. The topological polar surface area (TPSA) is 88.9 Å². The minimum atomic E-state index is -0.0330. The summed E-state index contributed by atoms with van der Waals surface area (Å²) in [5.41, 5.74) is 2.96. The predicted molar refractivity (Wildman–Crippen MR) is 138 cm³/mol. The first-order valence-electron chi connectivity index (χ1n) is 12.4. The summed E-state index contributed by atoms with van der Waals surface area (Å²) in [6.45, 7) is 6.71. The number of benzene rings is 1. The lowest BCUT2D eigenvalue weighted by Crippen LogP contribution is -2.49. The fraction of sp³-hybridized carbons (Fsp3) is 0.462. The lowest BCUT2D eigenvalue weighted by atomic mass is 10.1. The van der Waals surface area contributed by atoms with Gasteiger partial charge in [-0.2, -0.15) is 10.1 Å². The van der Waals surface area contributed by atoms with Crippen LogP contribution >= 0.6 is 0 Å². The summed E-state index contributed by atoms with van der Waals surface area (Å²) in [6.07, 6.45) is 2.38. The molecule has 0 aliphatic carbocycles. The lowest BCUT2D eigenvalue weighted by molar-refractivity contribution is 0.0735. The Kier molecular flexibility index (Phi) is 6.67. The zero-order valence-corrected chi connectivity index (χ0v) is 21.4. The van der Waals surface area contributed by atoms with Gasteiger partial charge in [-0.25, -0.2) is 4.98 Å². The highest BCUT2D eigenvalue weighted by molar-refractivity contribution is 5.94. The number of methoxy groups -OCH3 is 2. The first-order valence-corrected chi connectivity index (χ1v) is 12.4. The fourth-order valence-electron chi connectivity index (χ4n) is 4.87. The van der Waals surface area contributed by atoms with Crippen LogP contribution < -0.4 is 19.3 Å². The molecule has 2 aliphatic heterocycles. The van der Waals surface area contributed by atoms with Crippen molar-refractivity contribution in [3.63, 3.8) is 0 Å². The van der Waals surface area contributed by atoms with E-state index in [1.165, 1.54) is 12.8 Å². The molecular formula is C26H33N7O3. The van der Waals surface area contributed by atoms with E-state index in [-0.39, 0.29) is 5.91 Å². The van der Waals surface area contributed by atoms with Crippen LogP contribution in [0.4, 0.5) is 11.8 Å². The number of piperazine rings is 1. The Balaban J connectivity index is 1.30. The molecule has 1 amide bonds. The predicted octanol–water partition coefficient (Wildman–Crippen LogP) is 2.77. The molecule has 190 valence electrons. The van der Waals surface area contributed by atoms with Crippen LogP contribution in [0.3, 0.4) is 0 Å². The minimum Gasteiger partial charge on any atom is -0.497 e. The standard InChI is InChI=1S/C26H33N7O3/c1-18-15-24(28-26(27-18)33-9-5-6-10-33)31-11-13-32(14-12-31)25(34)22-17-21(29-30(22)2)20-16-19(35-3)7-8-23(20)36-4/h7-8,15-17H,5-6,9-14H2,1-4H3. The van der Waals surface area contributed by atoms with Crippen molar-refractivity contribution < 1.29 is 14.3 Å². The van der Waals surface area contributed by atoms with Gasteiger partial charge < -0.3 is 24.2 Å². The van der Waals surface area contributed by atoms with Gasteiger partial charge in [-0.1, -0.05) is 0 Å². The van der Waals surface area contributed by atoms with Gasteiger partial charge in [0.05, 0.1) is 19.9 Å². The Morgan fingerprint density at radius 1 is 0.889 bits per heavy atom. The smallest absolute Gasteiger partial charge is 0.272 e. The molecule has 0 atom stereocenters. The molecule has 0 spiro atoms. The van der Waals surface area contributed by atoms with E-state index in [9.17, 15) is 4.79 Å². The SMILES string of the molecule is COc1ccc(OC)c(-c2cc(C(=O)N3CCN(c4cc(C)nc(N5CCCC5)n4)CC3)n(C)n2)c1. The number of rotatable bonds is 6. The average Bonchev–Trinajstić information content (AvgIpc) is 3.58. The third kappa shape index (κ3) is 4.67. The molecular weight excluding hydrogens is 458 g/mol.